The van der Waals surface area contributed by atoms with Crippen LogP contribution in [-0.4, -0.2) is 23.1 Å². The summed E-state index contributed by atoms with van der Waals surface area (Å²) in [6.07, 6.45) is 0. The summed E-state index contributed by atoms with van der Waals surface area (Å²) in [5.41, 5.74) is 7.50. The number of benzene rings is 6. The van der Waals surface area contributed by atoms with Gasteiger partial charge in [0.05, 0.1) is 11.4 Å². The lowest BCUT2D eigenvalue weighted by Gasteiger charge is -2.44. The van der Waals surface area contributed by atoms with Crippen molar-refractivity contribution in [3.63, 3.8) is 0 Å². The van der Waals surface area contributed by atoms with Gasteiger partial charge in [0, 0.05) is 11.1 Å². The molecule has 4 nitrogen and oxygen atoms in total. The molecular formula is C44H34N4. The molecule has 0 aliphatic carbocycles. The Hall–Kier alpha value is -6.00. The molecule has 6 aromatic rings. The van der Waals surface area contributed by atoms with Crippen LogP contribution in [-0.2, 0) is 11.1 Å². The van der Waals surface area contributed by atoms with Gasteiger partial charge >= 0.3 is 0 Å². The lowest BCUT2D eigenvalue weighted by atomic mass is 9.62. The van der Waals surface area contributed by atoms with Crippen LogP contribution in [0, 0.1) is 13.8 Å². The molecule has 2 aliphatic rings. The normalized spacial score (nSPS) is 20.1. The smallest absolute Gasteiger partial charge is 0.165 e. The van der Waals surface area contributed by atoms with E-state index in [2.05, 4.69) is 172 Å². The van der Waals surface area contributed by atoms with Crippen molar-refractivity contribution in [3.8, 4) is 0 Å². The van der Waals surface area contributed by atoms with Crippen LogP contribution in [0.1, 0.15) is 44.5 Å². The lowest BCUT2D eigenvalue weighted by Crippen LogP contribution is -2.55. The second-order valence-corrected chi connectivity index (χ2v) is 12.3. The zero-order valence-electron chi connectivity index (χ0n) is 27.0. The van der Waals surface area contributed by atoms with Crippen molar-refractivity contribution in [2.75, 3.05) is 0 Å². The van der Waals surface area contributed by atoms with Gasteiger partial charge in [-0.1, -0.05) is 170 Å². The summed E-state index contributed by atoms with van der Waals surface area (Å²) in [5.74, 6) is 1.36. The average Bonchev–Trinajstić information content (AvgIpc) is 3.76. The highest BCUT2D eigenvalue weighted by molar-refractivity contribution is 6.29. The molecule has 0 fully saturated rings. The Balaban J connectivity index is 1.58. The van der Waals surface area contributed by atoms with Gasteiger partial charge in [0.1, 0.15) is 0 Å². The molecule has 2 atom stereocenters. The highest BCUT2D eigenvalue weighted by Gasteiger charge is 2.64. The first-order valence-electron chi connectivity index (χ1n) is 16.3. The largest absolute Gasteiger partial charge is 0.245 e. The van der Waals surface area contributed by atoms with E-state index in [0.29, 0.717) is 11.7 Å². The van der Waals surface area contributed by atoms with Crippen molar-refractivity contribution < 1.29 is 0 Å². The van der Waals surface area contributed by atoms with Gasteiger partial charge in [-0.3, -0.25) is 0 Å². The maximum absolute atomic E-state index is 5.86. The monoisotopic (exact) mass is 618 g/mol. The SMILES string of the molecule is Cc1ccccc1C1=NC(c2ccccc2)(C2(c3ccccc3)N=C(c3ccccc3C)N=C2c2ccccc2)C(c2ccccc2)=N1. The molecular weight excluding hydrogens is 585 g/mol. The first kappa shape index (κ1) is 29.4. The quantitative estimate of drug-likeness (QED) is 0.171. The molecule has 2 aliphatic heterocycles. The predicted molar refractivity (Wildman–Crippen MR) is 198 cm³/mol. The van der Waals surface area contributed by atoms with E-state index in [1.165, 1.54) is 0 Å². The fourth-order valence-electron chi connectivity index (χ4n) is 7.16. The van der Waals surface area contributed by atoms with Crippen molar-refractivity contribution in [2.45, 2.75) is 24.9 Å². The number of amidine groups is 2. The van der Waals surface area contributed by atoms with Gasteiger partial charge in [-0.05, 0) is 47.2 Å². The van der Waals surface area contributed by atoms with E-state index in [-0.39, 0.29) is 0 Å². The minimum Gasteiger partial charge on any atom is -0.245 e. The van der Waals surface area contributed by atoms with Crippen LogP contribution in [0.2, 0.25) is 0 Å². The standard InChI is InChI=1S/C44H34N4/c1-31-19-15-17-29-37(31)41-45-39(33-21-7-3-8-22-33)43(47-41,35-25-11-5-12-26-35)44(36-27-13-6-14-28-36)40(34-23-9-4-10-24-34)46-42(48-44)38-30-18-16-20-32(38)2/h3-30H,1-2H3. The van der Waals surface area contributed by atoms with E-state index in [0.717, 1.165) is 55.9 Å². The zero-order valence-corrected chi connectivity index (χ0v) is 27.0. The summed E-state index contributed by atoms with van der Waals surface area (Å²) < 4.78 is 0. The fraction of sp³-hybridized carbons (Fsp3) is 0.0909. The lowest BCUT2D eigenvalue weighted by molar-refractivity contribution is 0.420. The van der Waals surface area contributed by atoms with Gasteiger partial charge in [-0.2, -0.15) is 0 Å². The maximum atomic E-state index is 5.86. The van der Waals surface area contributed by atoms with Gasteiger partial charge < -0.3 is 0 Å². The molecule has 0 saturated carbocycles. The molecule has 48 heavy (non-hydrogen) atoms. The van der Waals surface area contributed by atoms with E-state index < -0.39 is 11.1 Å². The molecule has 0 bridgehead atoms. The van der Waals surface area contributed by atoms with E-state index >= 15 is 0 Å². The second-order valence-electron chi connectivity index (χ2n) is 12.3. The van der Waals surface area contributed by atoms with Crippen LogP contribution in [0.15, 0.2) is 190 Å². The van der Waals surface area contributed by atoms with E-state index in [1.54, 1.807) is 0 Å². The average molecular weight is 619 g/mol. The minimum atomic E-state index is -1.15. The number of aliphatic imine (C=N–C) groups is 4. The Morgan fingerprint density at radius 3 is 1.02 bits per heavy atom. The first-order valence-corrected chi connectivity index (χ1v) is 16.3. The van der Waals surface area contributed by atoms with E-state index in [4.69, 9.17) is 20.0 Å². The highest BCUT2D eigenvalue weighted by Crippen LogP contribution is 2.55. The third-order valence-electron chi connectivity index (χ3n) is 9.44. The van der Waals surface area contributed by atoms with E-state index in [1.807, 2.05) is 12.1 Å². The molecule has 230 valence electrons. The van der Waals surface area contributed by atoms with Crippen LogP contribution in [0.3, 0.4) is 0 Å². The molecule has 6 aromatic carbocycles. The summed E-state index contributed by atoms with van der Waals surface area (Å²) in [4.78, 5) is 22.8. The first-order chi connectivity index (χ1) is 23.6. The van der Waals surface area contributed by atoms with Crippen molar-refractivity contribution in [1.29, 1.82) is 0 Å². The topological polar surface area (TPSA) is 49.4 Å². The van der Waals surface area contributed by atoms with Gasteiger partial charge in [0.25, 0.3) is 0 Å². The predicted octanol–water partition coefficient (Wildman–Crippen LogP) is 9.29. The molecule has 0 spiro atoms. The fourth-order valence-corrected chi connectivity index (χ4v) is 7.16. The van der Waals surface area contributed by atoms with Crippen molar-refractivity contribution in [2.24, 2.45) is 20.0 Å². The molecule has 0 saturated heterocycles. The summed E-state index contributed by atoms with van der Waals surface area (Å²) in [7, 11) is 0. The Kier molecular flexibility index (Phi) is 7.34. The van der Waals surface area contributed by atoms with Crippen LogP contribution >= 0.6 is 0 Å². The summed E-state index contributed by atoms with van der Waals surface area (Å²) in [6.45, 7) is 4.23. The van der Waals surface area contributed by atoms with Crippen molar-refractivity contribution in [3.05, 3.63) is 214 Å². The van der Waals surface area contributed by atoms with Crippen molar-refractivity contribution >= 4 is 23.1 Å². The third-order valence-corrected chi connectivity index (χ3v) is 9.44. The second kappa shape index (κ2) is 12.0. The van der Waals surface area contributed by atoms with Gasteiger partial charge in [0.2, 0.25) is 0 Å². The number of nitrogens with zero attached hydrogens (tertiary/aromatic N) is 4. The Morgan fingerprint density at radius 2 is 0.667 bits per heavy atom. The number of hydrogen-bond donors (Lipinski definition) is 0. The molecule has 0 N–H and O–H groups in total. The Morgan fingerprint density at radius 1 is 0.354 bits per heavy atom. The minimum absolute atomic E-state index is 0.679. The number of hydrogen-bond acceptors (Lipinski definition) is 4. The van der Waals surface area contributed by atoms with Gasteiger partial charge in [0.15, 0.2) is 22.7 Å². The van der Waals surface area contributed by atoms with Crippen LogP contribution in [0.25, 0.3) is 0 Å². The van der Waals surface area contributed by atoms with Gasteiger partial charge in [-0.25, -0.2) is 20.0 Å². The molecule has 0 radical (unpaired) electrons. The summed E-state index contributed by atoms with van der Waals surface area (Å²) in [6, 6.07) is 58.6. The molecule has 0 aromatic heterocycles. The number of rotatable bonds is 7. The Labute approximate surface area is 281 Å². The summed E-state index contributed by atoms with van der Waals surface area (Å²) >= 11 is 0. The molecule has 4 heteroatoms. The Bertz CT molecular complexity index is 2070. The van der Waals surface area contributed by atoms with Crippen LogP contribution in [0.5, 0.6) is 0 Å². The molecule has 0 amide bonds. The van der Waals surface area contributed by atoms with E-state index in [9.17, 15) is 0 Å². The number of aryl methyl sites for hydroxylation is 2. The maximum Gasteiger partial charge on any atom is 0.165 e. The van der Waals surface area contributed by atoms with Crippen LogP contribution in [0.4, 0.5) is 0 Å². The van der Waals surface area contributed by atoms with Crippen LogP contribution < -0.4 is 0 Å². The molecule has 8 rings (SSSR count). The summed E-state index contributed by atoms with van der Waals surface area (Å²) in [5, 5.41) is 0. The zero-order chi connectivity index (χ0) is 32.6. The van der Waals surface area contributed by atoms with Gasteiger partial charge in [-0.15, -0.1) is 0 Å². The highest BCUT2D eigenvalue weighted by atomic mass is 15.2. The van der Waals surface area contributed by atoms with Crippen molar-refractivity contribution in [1.82, 2.24) is 0 Å². The molecule has 2 heterocycles. The molecule has 2 unspecified atom stereocenters. The third kappa shape index (κ3) is 4.60.